The van der Waals surface area contributed by atoms with E-state index in [1.54, 1.807) is 0 Å². The fourth-order valence-corrected chi connectivity index (χ4v) is 3.48. The molecule has 5 nitrogen and oxygen atoms in total. The Bertz CT molecular complexity index is 812. The molecule has 1 aliphatic rings. The second kappa shape index (κ2) is 7.97. The molecule has 1 aliphatic heterocycles. The average Bonchev–Trinajstić information content (AvgIpc) is 3.08. The van der Waals surface area contributed by atoms with E-state index >= 15 is 0 Å². The number of ether oxygens (including phenoxy) is 1. The SMILES string of the molecule is CCNC(=S)N(Cc1cc2ccc(C)cc2[nH]c1=O)C[C@@H]1CCCO1. The minimum Gasteiger partial charge on any atom is -0.376 e. The molecule has 1 saturated heterocycles. The van der Waals surface area contributed by atoms with Gasteiger partial charge in [0.25, 0.3) is 5.56 Å². The lowest BCUT2D eigenvalue weighted by atomic mass is 10.1. The van der Waals surface area contributed by atoms with Crippen molar-refractivity contribution in [2.24, 2.45) is 0 Å². The number of hydrogen-bond acceptors (Lipinski definition) is 3. The molecule has 0 radical (unpaired) electrons. The maximum Gasteiger partial charge on any atom is 0.253 e. The van der Waals surface area contributed by atoms with E-state index in [2.05, 4.69) is 16.4 Å². The first kappa shape index (κ1) is 17.9. The van der Waals surface area contributed by atoms with Gasteiger partial charge in [-0.2, -0.15) is 0 Å². The molecular weight excluding hydrogens is 334 g/mol. The van der Waals surface area contributed by atoms with E-state index in [4.69, 9.17) is 17.0 Å². The quantitative estimate of drug-likeness (QED) is 0.804. The molecule has 6 heteroatoms. The van der Waals surface area contributed by atoms with E-state index in [0.29, 0.717) is 18.2 Å². The maximum atomic E-state index is 12.5. The standard InChI is InChI=1S/C19H25N3O2S/c1-3-20-19(25)22(12-16-5-4-8-24-16)11-15-10-14-7-6-13(2)9-17(14)21-18(15)23/h6-7,9-10,16H,3-5,8,11-12H2,1-2H3,(H,20,25)(H,21,23)/t16-/m0/s1. The normalized spacial score (nSPS) is 17.0. The van der Waals surface area contributed by atoms with Gasteiger partial charge in [0, 0.05) is 30.8 Å². The van der Waals surface area contributed by atoms with E-state index < -0.39 is 0 Å². The Morgan fingerprint density at radius 1 is 1.44 bits per heavy atom. The van der Waals surface area contributed by atoms with Crippen LogP contribution in [-0.4, -0.2) is 40.8 Å². The number of nitrogens with zero attached hydrogens (tertiary/aromatic N) is 1. The molecular formula is C19H25N3O2S. The Hall–Kier alpha value is -1.92. The van der Waals surface area contributed by atoms with Crippen LogP contribution >= 0.6 is 12.2 Å². The summed E-state index contributed by atoms with van der Waals surface area (Å²) < 4.78 is 5.75. The van der Waals surface area contributed by atoms with Crippen molar-refractivity contribution < 1.29 is 4.74 Å². The number of aromatic amines is 1. The van der Waals surface area contributed by atoms with Crippen molar-refractivity contribution in [3.63, 3.8) is 0 Å². The molecule has 3 rings (SSSR count). The highest BCUT2D eigenvalue weighted by molar-refractivity contribution is 7.80. The molecule has 134 valence electrons. The lowest BCUT2D eigenvalue weighted by Gasteiger charge is -2.28. The molecule has 2 heterocycles. The highest BCUT2D eigenvalue weighted by atomic mass is 32.1. The lowest BCUT2D eigenvalue weighted by molar-refractivity contribution is 0.0897. The van der Waals surface area contributed by atoms with E-state index in [0.717, 1.165) is 48.0 Å². The lowest BCUT2D eigenvalue weighted by Crippen LogP contribution is -2.43. The zero-order valence-electron chi connectivity index (χ0n) is 14.8. The molecule has 0 bridgehead atoms. The maximum absolute atomic E-state index is 12.5. The van der Waals surface area contributed by atoms with E-state index in [9.17, 15) is 4.79 Å². The van der Waals surface area contributed by atoms with Crippen LogP contribution in [0.5, 0.6) is 0 Å². The van der Waals surface area contributed by atoms with Crippen LogP contribution in [0, 0.1) is 6.92 Å². The first-order valence-corrected chi connectivity index (χ1v) is 9.24. The highest BCUT2D eigenvalue weighted by Gasteiger charge is 2.21. The average molecular weight is 359 g/mol. The number of thiocarbonyl (C=S) groups is 1. The summed E-state index contributed by atoms with van der Waals surface area (Å²) in [6.45, 7) is 6.78. The van der Waals surface area contributed by atoms with Crippen LogP contribution in [0.15, 0.2) is 29.1 Å². The zero-order valence-corrected chi connectivity index (χ0v) is 15.6. The number of rotatable bonds is 5. The van der Waals surface area contributed by atoms with Gasteiger partial charge in [-0.25, -0.2) is 0 Å². The molecule has 1 fully saturated rings. The minimum absolute atomic E-state index is 0.0604. The number of fused-ring (bicyclic) bond motifs is 1. The number of H-pyrrole nitrogens is 1. The van der Waals surface area contributed by atoms with Crippen LogP contribution in [0.4, 0.5) is 0 Å². The van der Waals surface area contributed by atoms with Gasteiger partial charge in [-0.05, 0) is 62.0 Å². The Labute approximate surface area is 153 Å². The smallest absolute Gasteiger partial charge is 0.253 e. The predicted molar refractivity (Wildman–Crippen MR) is 105 cm³/mol. The second-order valence-electron chi connectivity index (χ2n) is 6.57. The molecule has 0 spiro atoms. The Morgan fingerprint density at radius 2 is 2.28 bits per heavy atom. The molecule has 2 aromatic rings. The Morgan fingerprint density at radius 3 is 3.00 bits per heavy atom. The summed E-state index contributed by atoms with van der Waals surface area (Å²) in [5.74, 6) is 0. The van der Waals surface area contributed by atoms with E-state index in [1.807, 2.05) is 36.9 Å². The summed E-state index contributed by atoms with van der Waals surface area (Å²) in [5, 5.41) is 4.90. The van der Waals surface area contributed by atoms with Gasteiger partial charge in [0.2, 0.25) is 0 Å². The Balaban J connectivity index is 1.85. The third kappa shape index (κ3) is 4.38. The largest absolute Gasteiger partial charge is 0.376 e. The third-order valence-electron chi connectivity index (χ3n) is 4.50. The molecule has 1 aromatic carbocycles. The van der Waals surface area contributed by atoms with Crippen molar-refractivity contribution >= 4 is 28.2 Å². The van der Waals surface area contributed by atoms with Crippen LogP contribution in [0.3, 0.4) is 0 Å². The molecule has 0 unspecified atom stereocenters. The number of benzene rings is 1. The summed E-state index contributed by atoms with van der Waals surface area (Å²) in [6, 6.07) is 8.05. The zero-order chi connectivity index (χ0) is 17.8. The van der Waals surface area contributed by atoms with Crippen LogP contribution < -0.4 is 10.9 Å². The molecule has 0 saturated carbocycles. The molecule has 25 heavy (non-hydrogen) atoms. The summed E-state index contributed by atoms with van der Waals surface area (Å²) in [7, 11) is 0. The topological polar surface area (TPSA) is 57.4 Å². The van der Waals surface area contributed by atoms with Gasteiger partial charge in [-0.15, -0.1) is 0 Å². The predicted octanol–water partition coefficient (Wildman–Crippen LogP) is 2.71. The van der Waals surface area contributed by atoms with Crippen molar-refractivity contribution in [2.75, 3.05) is 19.7 Å². The minimum atomic E-state index is -0.0604. The van der Waals surface area contributed by atoms with Crippen LogP contribution in [0.1, 0.15) is 30.9 Å². The van der Waals surface area contributed by atoms with Gasteiger partial charge >= 0.3 is 0 Å². The van der Waals surface area contributed by atoms with Crippen molar-refractivity contribution in [2.45, 2.75) is 39.3 Å². The number of aromatic nitrogens is 1. The van der Waals surface area contributed by atoms with Gasteiger partial charge in [-0.3, -0.25) is 4.79 Å². The summed E-state index contributed by atoms with van der Waals surface area (Å²) >= 11 is 5.51. The van der Waals surface area contributed by atoms with Gasteiger partial charge in [0.1, 0.15) is 0 Å². The summed E-state index contributed by atoms with van der Waals surface area (Å²) in [4.78, 5) is 17.6. The number of nitrogens with one attached hydrogen (secondary N) is 2. The molecule has 1 atom stereocenters. The molecule has 2 N–H and O–H groups in total. The summed E-state index contributed by atoms with van der Waals surface area (Å²) in [5.41, 5.74) is 2.65. The van der Waals surface area contributed by atoms with Crippen molar-refractivity contribution in [3.05, 3.63) is 45.7 Å². The van der Waals surface area contributed by atoms with Gasteiger partial charge in [-0.1, -0.05) is 12.1 Å². The van der Waals surface area contributed by atoms with Crippen LogP contribution in [-0.2, 0) is 11.3 Å². The molecule has 0 aliphatic carbocycles. The van der Waals surface area contributed by atoms with Crippen molar-refractivity contribution in [1.82, 2.24) is 15.2 Å². The van der Waals surface area contributed by atoms with Crippen LogP contribution in [0.25, 0.3) is 10.9 Å². The third-order valence-corrected chi connectivity index (χ3v) is 4.91. The van der Waals surface area contributed by atoms with Gasteiger partial charge in [0.05, 0.1) is 12.6 Å². The molecule has 0 amide bonds. The number of aryl methyl sites for hydroxylation is 1. The fraction of sp³-hybridized carbons (Fsp3) is 0.474. The van der Waals surface area contributed by atoms with Crippen LogP contribution in [0.2, 0.25) is 0 Å². The Kier molecular flexibility index (Phi) is 5.71. The second-order valence-corrected chi connectivity index (χ2v) is 6.95. The fourth-order valence-electron chi connectivity index (χ4n) is 3.20. The highest BCUT2D eigenvalue weighted by Crippen LogP contribution is 2.17. The van der Waals surface area contributed by atoms with Crippen molar-refractivity contribution in [3.8, 4) is 0 Å². The van der Waals surface area contributed by atoms with Gasteiger partial charge in [0.15, 0.2) is 5.11 Å². The van der Waals surface area contributed by atoms with E-state index in [1.165, 1.54) is 0 Å². The summed E-state index contributed by atoms with van der Waals surface area (Å²) in [6.07, 6.45) is 2.31. The first-order chi connectivity index (χ1) is 12.1. The van der Waals surface area contributed by atoms with Crippen molar-refractivity contribution in [1.29, 1.82) is 0 Å². The monoisotopic (exact) mass is 359 g/mol. The van der Waals surface area contributed by atoms with E-state index in [-0.39, 0.29) is 11.7 Å². The molecule has 1 aromatic heterocycles. The van der Waals surface area contributed by atoms with Gasteiger partial charge < -0.3 is 19.9 Å². The number of pyridine rings is 1. The number of hydrogen-bond donors (Lipinski definition) is 2. The first-order valence-electron chi connectivity index (χ1n) is 8.83.